The number of carbonyl (C=O) groups is 4. The van der Waals surface area contributed by atoms with E-state index in [0.717, 1.165) is 5.57 Å². The van der Waals surface area contributed by atoms with Crippen molar-refractivity contribution in [2.45, 2.75) is 85.5 Å². The van der Waals surface area contributed by atoms with Crippen LogP contribution in [-0.2, 0) is 28.7 Å². The van der Waals surface area contributed by atoms with E-state index in [1.807, 2.05) is 27.7 Å². The molecule has 3 rings (SSSR count). The second-order valence-electron chi connectivity index (χ2n) is 14.5. The van der Waals surface area contributed by atoms with E-state index in [2.05, 4.69) is 6.58 Å². The third-order valence-electron chi connectivity index (χ3n) is 9.03. The Balaban J connectivity index is 1.91. The molecular formula is C41H54FNO10. The predicted molar refractivity (Wildman–Crippen MR) is 197 cm³/mol. The van der Waals surface area contributed by atoms with Gasteiger partial charge in [-0.05, 0) is 85.9 Å². The second kappa shape index (κ2) is 19.4. The van der Waals surface area contributed by atoms with Crippen molar-refractivity contribution in [3.8, 4) is 17.2 Å². The molecule has 0 aliphatic carbocycles. The number of piperidine rings is 1. The molecule has 1 fully saturated rings. The number of likely N-dealkylation sites (tertiary alicyclic amines) is 1. The van der Waals surface area contributed by atoms with Crippen molar-refractivity contribution in [1.29, 1.82) is 0 Å². The van der Waals surface area contributed by atoms with Gasteiger partial charge in [0.2, 0.25) is 5.78 Å². The van der Waals surface area contributed by atoms with Gasteiger partial charge in [0.1, 0.15) is 36.9 Å². The molecule has 2 aromatic carbocycles. The summed E-state index contributed by atoms with van der Waals surface area (Å²) in [6.07, 6.45) is 1.65. The molecule has 2 aromatic rings. The first kappa shape index (κ1) is 42.7. The summed E-state index contributed by atoms with van der Waals surface area (Å²) in [6.45, 7) is 14.6. The standard InChI is InChI=1S/C41H54FNO10/c1-25(2)13-16-37(45)52-24-41(6,7)38(46)39(47)43-17-11-10-12-32(43)40(48)53-35(22-33(44)28-14-15-34(49-8)36(20-28)50-9)29-18-30(42)21-31(19-29)51-23-27(5)26(3)4/h13-16,18-21,25-26,32-33,35,44H,5,10-12,17,22-24H2,1-4,6-9H3/t32-,33?,35+/m0/s1. The first-order valence-electron chi connectivity index (χ1n) is 17.9. The monoisotopic (exact) mass is 739 g/mol. The average molecular weight is 740 g/mol. The van der Waals surface area contributed by atoms with Gasteiger partial charge in [0, 0.05) is 25.1 Å². The van der Waals surface area contributed by atoms with Crippen LogP contribution in [0.25, 0.3) is 0 Å². The number of aliphatic hydroxyl groups excluding tert-OH is 1. The Morgan fingerprint density at radius 2 is 1.70 bits per heavy atom. The lowest BCUT2D eigenvalue weighted by Gasteiger charge is -2.36. The molecule has 1 unspecified atom stereocenters. The fourth-order valence-electron chi connectivity index (χ4n) is 5.54. The third kappa shape index (κ3) is 12.2. The van der Waals surface area contributed by atoms with E-state index in [1.165, 1.54) is 57.2 Å². The highest BCUT2D eigenvalue weighted by Crippen LogP contribution is 2.37. The number of rotatable bonds is 18. The van der Waals surface area contributed by atoms with Gasteiger partial charge in [-0.3, -0.25) is 9.59 Å². The molecule has 1 N–H and O–H groups in total. The summed E-state index contributed by atoms with van der Waals surface area (Å²) < 4.78 is 42.9. The summed E-state index contributed by atoms with van der Waals surface area (Å²) in [5.74, 6) is -2.60. The molecule has 1 heterocycles. The smallest absolute Gasteiger partial charge is 0.330 e. The molecule has 11 nitrogen and oxygen atoms in total. The Morgan fingerprint density at radius 1 is 1.00 bits per heavy atom. The summed E-state index contributed by atoms with van der Waals surface area (Å²) in [6, 6.07) is 7.64. The second-order valence-corrected chi connectivity index (χ2v) is 14.5. The highest BCUT2D eigenvalue weighted by molar-refractivity contribution is 6.38. The molecule has 1 amide bonds. The van der Waals surface area contributed by atoms with E-state index < -0.39 is 53.1 Å². The number of nitrogens with zero attached hydrogens (tertiary/aromatic N) is 1. The van der Waals surface area contributed by atoms with E-state index in [-0.39, 0.29) is 55.7 Å². The Labute approximate surface area is 312 Å². The number of amides is 1. The van der Waals surface area contributed by atoms with Crippen molar-refractivity contribution in [2.24, 2.45) is 17.3 Å². The van der Waals surface area contributed by atoms with E-state index in [0.29, 0.717) is 29.9 Å². The normalized spacial score (nSPS) is 15.9. The predicted octanol–water partition coefficient (Wildman–Crippen LogP) is 6.87. The average Bonchev–Trinajstić information content (AvgIpc) is 3.13. The number of ether oxygens (including phenoxy) is 5. The fourth-order valence-corrected chi connectivity index (χ4v) is 5.54. The van der Waals surface area contributed by atoms with E-state index in [4.69, 9.17) is 23.7 Å². The summed E-state index contributed by atoms with van der Waals surface area (Å²) >= 11 is 0. The van der Waals surface area contributed by atoms with Crippen molar-refractivity contribution in [3.05, 3.63) is 77.6 Å². The minimum Gasteiger partial charge on any atom is -0.493 e. The van der Waals surface area contributed by atoms with Crippen LogP contribution in [0, 0.1) is 23.1 Å². The van der Waals surface area contributed by atoms with Crippen molar-refractivity contribution < 1.29 is 52.4 Å². The van der Waals surface area contributed by atoms with Crippen LogP contribution in [0.4, 0.5) is 4.39 Å². The molecule has 1 aliphatic rings. The molecule has 0 spiro atoms. The minimum atomic E-state index is -1.38. The van der Waals surface area contributed by atoms with Crippen molar-refractivity contribution in [3.63, 3.8) is 0 Å². The SMILES string of the molecule is C=C(COc1cc(F)cc([C@@H](CC(O)c2ccc(OC)c(OC)c2)OC(=O)[C@@H]2CCCCN2C(=O)C(=O)C(C)(C)COC(=O)C=CC(C)C)c1)C(C)C. The van der Waals surface area contributed by atoms with Crippen molar-refractivity contribution >= 4 is 23.6 Å². The molecule has 12 heteroatoms. The van der Waals surface area contributed by atoms with Crippen LogP contribution in [0.5, 0.6) is 17.2 Å². The number of Topliss-reactive ketones (excluding diaryl/α,β-unsaturated/α-hetero) is 1. The summed E-state index contributed by atoms with van der Waals surface area (Å²) in [5.41, 5.74) is 0.0493. The van der Waals surface area contributed by atoms with Crippen LogP contribution in [0.2, 0.25) is 0 Å². The highest BCUT2D eigenvalue weighted by atomic mass is 19.1. The maximum Gasteiger partial charge on any atom is 0.330 e. The zero-order chi connectivity index (χ0) is 39.5. The van der Waals surface area contributed by atoms with Crippen molar-refractivity contribution in [2.75, 3.05) is 34.0 Å². The Hall–Kier alpha value is -4.71. The van der Waals surface area contributed by atoms with Gasteiger partial charge in [-0.25, -0.2) is 14.0 Å². The van der Waals surface area contributed by atoms with Gasteiger partial charge in [0.15, 0.2) is 11.5 Å². The van der Waals surface area contributed by atoms with Gasteiger partial charge in [-0.2, -0.15) is 0 Å². The molecule has 0 aromatic heterocycles. The largest absolute Gasteiger partial charge is 0.493 e. The van der Waals surface area contributed by atoms with Crippen LogP contribution in [0.3, 0.4) is 0 Å². The van der Waals surface area contributed by atoms with Crippen LogP contribution in [0.15, 0.2) is 60.7 Å². The number of esters is 2. The number of benzene rings is 2. The van der Waals surface area contributed by atoms with Crippen LogP contribution >= 0.6 is 0 Å². The molecular weight excluding hydrogens is 685 g/mol. The Morgan fingerprint density at radius 3 is 2.34 bits per heavy atom. The molecule has 0 radical (unpaired) electrons. The number of allylic oxidation sites excluding steroid dienone is 1. The highest BCUT2D eigenvalue weighted by Gasteiger charge is 2.42. The van der Waals surface area contributed by atoms with Gasteiger partial charge in [-0.1, -0.05) is 46.4 Å². The quantitative estimate of drug-likeness (QED) is 0.0746. The third-order valence-corrected chi connectivity index (χ3v) is 9.03. The maximum atomic E-state index is 15.1. The number of methoxy groups -OCH3 is 2. The number of ketones is 1. The molecule has 1 saturated heterocycles. The zero-order valence-corrected chi connectivity index (χ0v) is 32.1. The van der Waals surface area contributed by atoms with Crippen LogP contribution in [-0.4, -0.2) is 73.7 Å². The number of aliphatic hydroxyl groups is 1. The topological polar surface area (TPSA) is 138 Å². The maximum absolute atomic E-state index is 15.1. The lowest BCUT2D eigenvalue weighted by molar-refractivity contribution is -0.166. The Kier molecular flexibility index (Phi) is 15.6. The van der Waals surface area contributed by atoms with Gasteiger partial charge < -0.3 is 33.7 Å². The first-order valence-corrected chi connectivity index (χ1v) is 17.9. The molecule has 3 atom stereocenters. The van der Waals surface area contributed by atoms with E-state index >= 15 is 4.39 Å². The zero-order valence-electron chi connectivity index (χ0n) is 32.1. The molecule has 53 heavy (non-hydrogen) atoms. The van der Waals surface area contributed by atoms with Gasteiger partial charge in [-0.15, -0.1) is 0 Å². The number of carbonyl (C=O) groups excluding carboxylic acids is 4. The van der Waals surface area contributed by atoms with Crippen molar-refractivity contribution in [1.82, 2.24) is 4.90 Å². The van der Waals surface area contributed by atoms with Crippen LogP contribution in [0.1, 0.15) is 90.6 Å². The van der Waals surface area contributed by atoms with Gasteiger partial charge in [0.05, 0.1) is 25.7 Å². The Bertz CT molecular complexity index is 1650. The lowest BCUT2D eigenvalue weighted by Crippen LogP contribution is -2.53. The minimum absolute atomic E-state index is 0.119. The molecule has 0 bridgehead atoms. The van der Waals surface area contributed by atoms with Gasteiger partial charge in [0.25, 0.3) is 5.91 Å². The lowest BCUT2D eigenvalue weighted by atomic mass is 9.87. The van der Waals surface area contributed by atoms with Gasteiger partial charge >= 0.3 is 11.9 Å². The molecule has 0 saturated carbocycles. The molecule has 290 valence electrons. The van der Waals surface area contributed by atoms with Crippen LogP contribution < -0.4 is 14.2 Å². The summed E-state index contributed by atoms with van der Waals surface area (Å²) in [5, 5.41) is 11.4. The summed E-state index contributed by atoms with van der Waals surface area (Å²) in [4.78, 5) is 54.6. The van der Waals surface area contributed by atoms with E-state index in [1.54, 1.807) is 24.3 Å². The first-order chi connectivity index (χ1) is 25.0. The number of halogens is 1. The number of hydrogen-bond acceptors (Lipinski definition) is 10. The summed E-state index contributed by atoms with van der Waals surface area (Å²) in [7, 11) is 2.94. The molecule has 1 aliphatic heterocycles. The fraction of sp³-hybridized carbons (Fsp3) is 0.512. The van der Waals surface area contributed by atoms with E-state index in [9.17, 15) is 24.3 Å². The number of hydrogen-bond donors (Lipinski definition) is 1.